The number of hydrogen-bond donors (Lipinski definition) is 2. The van der Waals surface area contributed by atoms with Crippen molar-refractivity contribution in [2.24, 2.45) is 0 Å². The minimum absolute atomic E-state index is 0.0406. The van der Waals surface area contributed by atoms with Crippen molar-refractivity contribution in [2.45, 2.75) is 58.8 Å². The number of nitrogens with one attached hydrogen (secondary N) is 2. The largest absolute Gasteiger partial charge is 0.494 e. The van der Waals surface area contributed by atoms with E-state index in [1.165, 1.54) is 24.8 Å². The van der Waals surface area contributed by atoms with Crippen molar-refractivity contribution in [3.8, 4) is 5.75 Å². The average Bonchev–Trinajstić information content (AvgIpc) is 2.85. The van der Waals surface area contributed by atoms with Gasteiger partial charge < -0.3 is 15.4 Å². The van der Waals surface area contributed by atoms with E-state index >= 15 is 0 Å². The molecule has 3 rings (SSSR count). The van der Waals surface area contributed by atoms with Gasteiger partial charge in [0.1, 0.15) is 5.75 Å². The van der Waals surface area contributed by atoms with E-state index in [0.29, 0.717) is 29.1 Å². The summed E-state index contributed by atoms with van der Waals surface area (Å²) in [6.45, 7) is 9.30. The van der Waals surface area contributed by atoms with Crippen LogP contribution in [-0.2, 0) is 5.41 Å². The zero-order chi connectivity index (χ0) is 25.3. The Morgan fingerprint density at radius 3 is 1.63 bits per heavy atom. The van der Waals surface area contributed by atoms with Gasteiger partial charge in [0, 0.05) is 22.5 Å². The Balaban J connectivity index is 1.50. The highest BCUT2D eigenvalue weighted by atomic mass is 16.5. The summed E-state index contributed by atoms with van der Waals surface area (Å²) < 4.78 is 5.74. The van der Waals surface area contributed by atoms with Crippen LogP contribution >= 0.6 is 0 Å². The summed E-state index contributed by atoms with van der Waals surface area (Å²) >= 11 is 0. The number of benzene rings is 3. The molecule has 5 nitrogen and oxygen atoms in total. The summed E-state index contributed by atoms with van der Waals surface area (Å²) in [6, 6.07) is 21.9. The molecule has 0 fully saturated rings. The summed E-state index contributed by atoms with van der Waals surface area (Å²) in [4.78, 5) is 25.2. The molecule has 0 aliphatic heterocycles. The third-order valence-corrected chi connectivity index (χ3v) is 5.80. The van der Waals surface area contributed by atoms with Crippen LogP contribution in [0.1, 0.15) is 79.7 Å². The molecule has 0 saturated carbocycles. The lowest BCUT2D eigenvalue weighted by molar-refractivity contribution is 0.101. The van der Waals surface area contributed by atoms with Gasteiger partial charge in [-0.1, -0.05) is 59.1 Å². The number of rotatable bonds is 10. The molecule has 184 valence electrons. The van der Waals surface area contributed by atoms with Gasteiger partial charge in [-0.15, -0.1) is 0 Å². The quantitative estimate of drug-likeness (QED) is 0.301. The third-order valence-electron chi connectivity index (χ3n) is 5.80. The van der Waals surface area contributed by atoms with Crippen LogP contribution in [0.2, 0.25) is 0 Å². The molecule has 0 spiro atoms. The molecule has 0 bridgehead atoms. The van der Waals surface area contributed by atoms with Gasteiger partial charge >= 0.3 is 0 Å². The second-order valence-corrected chi connectivity index (χ2v) is 9.75. The number of amides is 2. The Bertz CT molecular complexity index is 1100. The number of ether oxygens (including phenoxy) is 1. The summed E-state index contributed by atoms with van der Waals surface area (Å²) in [6.07, 6.45) is 4.63. The van der Waals surface area contributed by atoms with Crippen LogP contribution in [0.5, 0.6) is 5.75 Å². The summed E-state index contributed by atoms with van der Waals surface area (Å²) in [5.74, 6) is 0.399. The summed E-state index contributed by atoms with van der Waals surface area (Å²) in [5.41, 5.74) is 3.69. The molecule has 0 aliphatic carbocycles. The summed E-state index contributed by atoms with van der Waals surface area (Å²) in [7, 11) is 0. The molecule has 0 atom stereocenters. The van der Waals surface area contributed by atoms with Crippen molar-refractivity contribution in [1.29, 1.82) is 0 Å². The molecular formula is C30H36N2O3. The molecular weight excluding hydrogens is 436 g/mol. The first-order valence-electron chi connectivity index (χ1n) is 12.3. The standard InChI is InChI=1S/C30H36N2O3/c1-5-6-7-8-21-35-27-19-11-23(12-20-27)29(34)32-26-17-15-25(16-18-26)31-28(33)22-9-13-24(14-10-22)30(2,3)4/h9-20H,5-8,21H2,1-4H3,(H,31,33)(H,32,34). The second-order valence-electron chi connectivity index (χ2n) is 9.75. The number of anilines is 2. The number of hydrogen-bond acceptors (Lipinski definition) is 3. The lowest BCUT2D eigenvalue weighted by Crippen LogP contribution is -2.14. The minimum atomic E-state index is -0.199. The first-order chi connectivity index (χ1) is 16.8. The van der Waals surface area contributed by atoms with Crippen LogP contribution in [0.15, 0.2) is 72.8 Å². The fraction of sp³-hybridized carbons (Fsp3) is 0.333. The smallest absolute Gasteiger partial charge is 0.255 e. The van der Waals surface area contributed by atoms with E-state index in [1.807, 2.05) is 36.4 Å². The van der Waals surface area contributed by atoms with Crippen LogP contribution in [0.25, 0.3) is 0 Å². The van der Waals surface area contributed by atoms with Gasteiger partial charge in [-0.05, 0) is 78.1 Å². The number of carbonyl (C=O) groups is 2. The van der Waals surface area contributed by atoms with Crippen molar-refractivity contribution in [3.63, 3.8) is 0 Å². The Kier molecular flexibility index (Phi) is 9.07. The van der Waals surface area contributed by atoms with Gasteiger partial charge in [-0.3, -0.25) is 9.59 Å². The summed E-state index contributed by atoms with van der Waals surface area (Å²) in [5, 5.41) is 5.78. The van der Waals surface area contributed by atoms with Gasteiger partial charge in [0.2, 0.25) is 0 Å². The van der Waals surface area contributed by atoms with Gasteiger partial charge in [0.15, 0.2) is 0 Å². The monoisotopic (exact) mass is 472 g/mol. The highest BCUT2D eigenvalue weighted by Crippen LogP contribution is 2.23. The van der Waals surface area contributed by atoms with Crippen LogP contribution in [-0.4, -0.2) is 18.4 Å². The fourth-order valence-corrected chi connectivity index (χ4v) is 3.59. The molecule has 0 saturated heterocycles. The predicted octanol–water partition coefficient (Wildman–Crippen LogP) is 7.45. The van der Waals surface area contributed by atoms with Gasteiger partial charge in [-0.25, -0.2) is 0 Å². The molecule has 35 heavy (non-hydrogen) atoms. The molecule has 3 aromatic carbocycles. The lowest BCUT2D eigenvalue weighted by atomic mass is 9.87. The first-order valence-corrected chi connectivity index (χ1v) is 12.3. The van der Waals surface area contributed by atoms with E-state index in [9.17, 15) is 9.59 Å². The molecule has 2 amide bonds. The maximum atomic E-state index is 12.6. The molecule has 0 aliphatic rings. The van der Waals surface area contributed by atoms with Crippen LogP contribution < -0.4 is 15.4 Å². The maximum Gasteiger partial charge on any atom is 0.255 e. The Morgan fingerprint density at radius 2 is 1.17 bits per heavy atom. The topological polar surface area (TPSA) is 67.4 Å². The highest BCUT2D eigenvalue weighted by molar-refractivity contribution is 6.05. The number of carbonyl (C=O) groups excluding carboxylic acids is 2. The van der Waals surface area contributed by atoms with Crippen LogP contribution in [0.3, 0.4) is 0 Å². The Labute approximate surface area is 208 Å². The van der Waals surface area contributed by atoms with Gasteiger partial charge in [0.05, 0.1) is 6.61 Å². The minimum Gasteiger partial charge on any atom is -0.494 e. The zero-order valence-corrected chi connectivity index (χ0v) is 21.2. The van der Waals surface area contributed by atoms with Crippen LogP contribution in [0, 0.1) is 0 Å². The first kappa shape index (κ1) is 26.0. The van der Waals surface area contributed by atoms with E-state index in [0.717, 1.165) is 12.2 Å². The SMILES string of the molecule is CCCCCCOc1ccc(C(=O)Nc2ccc(NC(=O)c3ccc(C(C)(C)C)cc3)cc2)cc1. The molecule has 0 aromatic heterocycles. The maximum absolute atomic E-state index is 12.6. The average molecular weight is 473 g/mol. The highest BCUT2D eigenvalue weighted by Gasteiger charge is 2.14. The third kappa shape index (κ3) is 7.99. The Hall–Kier alpha value is -3.60. The van der Waals surface area contributed by atoms with Crippen molar-refractivity contribution in [1.82, 2.24) is 0 Å². The molecule has 3 aromatic rings. The molecule has 0 unspecified atom stereocenters. The van der Waals surface area contributed by atoms with E-state index in [-0.39, 0.29) is 17.2 Å². The van der Waals surface area contributed by atoms with Crippen molar-refractivity contribution >= 4 is 23.2 Å². The second kappa shape index (κ2) is 12.2. The van der Waals surface area contributed by atoms with Crippen LogP contribution in [0.4, 0.5) is 11.4 Å². The van der Waals surface area contributed by atoms with E-state index in [4.69, 9.17) is 4.74 Å². The van der Waals surface area contributed by atoms with E-state index in [2.05, 4.69) is 38.3 Å². The van der Waals surface area contributed by atoms with E-state index in [1.54, 1.807) is 36.4 Å². The molecule has 5 heteroatoms. The zero-order valence-electron chi connectivity index (χ0n) is 21.2. The van der Waals surface area contributed by atoms with E-state index < -0.39 is 0 Å². The van der Waals surface area contributed by atoms with Gasteiger partial charge in [-0.2, -0.15) is 0 Å². The molecule has 2 N–H and O–H groups in total. The number of unbranched alkanes of at least 4 members (excludes halogenated alkanes) is 3. The predicted molar refractivity (Wildman–Crippen MR) is 144 cm³/mol. The van der Waals surface area contributed by atoms with Gasteiger partial charge in [0.25, 0.3) is 11.8 Å². The van der Waals surface area contributed by atoms with Crippen molar-refractivity contribution in [2.75, 3.05) is 17.2 Å². The lowest BCUT2D eigenvalue weighted by Gasteiger charge is -2.19. The molecule has 0 heterocycles. The Morgan fingerprint density at radius 1 is 0.686 bits per heavy atom. The van der Waals surface area contributed by atoms with Crippen molar-refractivity contribution < 1.29 is 14.3 Å². The normalized spacial score (nSPS) is 11.1. The van der Waals surface area contributed by atoms with Crippen molar-refractivity contribution in [3.05, 3.63) is 89.5 Å². The fourth-order valence-electron chi connectivity index (χ4n) is 3.59. The molecule has 0 radical (unpaired) electrons.